The zero-order valence-electron chi connectivity index (χ0n) is 17.1. The van der Waals surface area contributed by atoms with Crippen LogP contribution in [0, 0.1) is 10.1 Å². The number of nitrogens with one attached hydrogen (secondary N) is 2. The first-order valence-electron chi connectivity index (χ1n) is 9.50. The van der Waals surface area contributed by atoms with Crippen LogP contribution < -0.4 is 10.0 Å². The number of sulfonamides is 1. The van der Waals surface area contributed by atoms with Crippen LogP contribution in [0.3, 0.4) is 0 Å². The Bertz CT molecular complexity index is 1250. The number of thiophene rings is 1. The van der Waals surface area contributed by atoms with Gasteiger partial charge in [-0.1, -0.05) is 19.1 Å². The first-order chi connectivity index (χ1) is 15.0. The molecule has 2 heterocycles. The van der Waals surface area contributed by atoms with E-state index in [-0.39, 0.29) is 20.0 Å². The van der Waals surface area contributed by atoms with E-state index in [2.05, 4.69) is 10.2 Å². The fraction of sp³-hybridized carbons (Fsp3) is 0.389. The molecule has 0 saturated carbocycles. The number of rotatable bonds is 8. The van der Waals surface area contributed by atoms with Gasteiger partial charge in [-0.05, 0) is 43.7 Å². The van der Waals surface area contributed by atoms with E-state index >= 15 is 0 Å². The smallest absolute Gasteiger partial charge is 0.294 e. The van der Waals surface area contributed by atoms with Crippen LogP contribution >= 0.6 is 11.3 Å². The highest BCUT2D eigenvalue weighted by molar-refractivity contribution is 7.95. The maximum atomic E-state index is 12.8. The first-order valence-corrected chi connectivity index (χ1v) is 13.3. The number of nitrogens with zero attached hydrogens (tertiary/aromatic N) is 1. The van der Waals surface area contributed by atoms with E-state index in [1.54, 1.807) is 6.92 Å². The Hall–Kier alpha value is -2.55. The second kappa shape index (κ2) is 9.13. The van der Waals surface area contributed by atoms with Gasteiger partial charge in [-0.15, -0.1) is 21.5 Å². The molecule has 2 atom stereocenters. The summed E-state index contributed by atoms with van der Waals surface area (Å²) in [5, 5.41) is 11.8. The summed E-state index contributed by atoms with van der Waals surface area (Å²) < 4.78 is 52.8. The van der Waals surface area contributed by atoms with Gasteiger partial charge in [0.05, 0.1) is 5.25 Å². The maximum Gasteiger partial charge on any atom is 0.294 e. The molecule has 0 radical (unpaired) electrons. The van der Waals surface area contributed by atoms with Crippen molar-refractivity contribution < 1.29 is 31.6 Å². The third kappa shape index (κ3) is 4.92. The van der Waals surface area contributed by atoms with Gasteiger partial charge >= 0.3 is 0 Å². The van der Waals surface area contributed by atoms with Gasteiger partial charge in [0.2, 0.25) is 0 Å². The van der Waals surface area contributed by atoms with Gasteiger partial charge in [0.15, 0.2) is 9.84 Å². The van der Waals surface area contributed by atoms with Gasteiger partial charge in [-0.3, -0.25) is 4.79 Å². The molecule has 1 aromatic carbocycles. The normalized spacial score (nSPS) is 19.7. The fourth-order valence-electron chi connectivity index (χ4n) is 3.33. The lowest BCUT2D eigenvalue weighted by atomic mass is 10.1. The summed E-state index contributed by atoms with van der Waals surface area (Å²) in [6.07, 6.45) is 0.310. The molecule has 0 spiro atoms. The third-order valence-electron chi connectivity index (χ3n) is 4.90. The Balaban J connectivity index is 1.88. The number of amides is 1. The van der Waals surface area contributed by atoms with E-state index in [1.165, 1.54) is 30.3 Å². The van der Waals surface area contributed by atoms with Crippen molar-refractivity contribution in [2.24, 2.45) is 0 Å². The largest absolute Gasteiger partial charge is 0.310 e. The molecule has 174 valence electrons. The number of benzene rings is 1. The fourth-order valence-corrected chi connectivity index (χ4v) is 8.30. The quantitative estimate of drug-likeness (QED) is 0.404. The zero-order valence-corrected chi connectivity index (χ0v) is 19.6. The molecule has 32 heavy (non-hydrogen) atoms. The monoisotopic (exact) mass is 503 g/mol. The second-order valence-corrected chi connectivity index (χ2v) is 12.7. The Labute approximate surface area is 188 Å². The van der Waals surface area contributed by atoms with Crippen LogP contribution in [0.25, 0.3) is 0 Å². The lowest BCUT2D eigenvalue weighted by Gasteiger charge is -2.27. The maximum absolute atomic E-state index is 12.8. The van der Waals surface area contributed by atoms with Crippen molar-refractivity contribution in [3.63, 3.8) is 0 Å². The standard InChI is InChI=1S/C18H21N3O8S3/c1-3-19-15-7-11(2)31(25,26)18-14(15)9-16(30-18)32(27,28)20-17(22)13-6-4-5-12(8-13)10-29-21(23)24/h4-6,8-9,11,15,19H,3,7,10H2,1-2H3,(H,20,22)/t11?,15-/m0/s1. The molecule has 11 nitrogen and oxygen atoms in total. The van der Waals surface area contributed by atoms with Crippen molar-refractivity contribution in [1.29, 1.82) is 0 Å². The van der Waals surface area contributed by atoms with Crippen molar-refractivity contribution in [1.82, 2.24) is 10.0 Å². The molecule has 2 N–H and O–H groups in total. The van der Waals surface area contributed by atoms with Crippen LogP contribution in [-0.4, -0.2) is 39.6 Å². The zero-order chi connectivity index (χ0) is 23.7. The number of hydrogen-bond acceptors (Lipinski definition) is 10. The minimum absolute atomic E-state index is 0.0195. The van der Waals surface area contributed by atoms with E-state index in [1.807, 2.05) is 11.6 Å². The lowest BCUT2D eigenvalue weighted by molar-refractivity contribution is -0.763. The number of hydrogen-bond donors (Lipinski definition) is 2. The molecule has 0 aliphatic carbocycles. The minimum atomic E-state index is -4.36. The van der Waals surface area contributed by atoms with Crippen molar-refractivity contribution in [3.05, 3.63) is 57.1 Å². The van der Waals surface area contributed by atoms with Crippen molar-refractivity contribution in [3.8, 4) is 0 Å². The SMILES string of the molecule is CCN[C@H]1CC(C)S(=O)(=O)c2sc(S(=O)(=O)NC(=O)c3cccc(CO[N+](=O)[O-])c3)cc21. The van der Waals surface area contributed by atoms with Crippen LogP contribution in [0.4, 0.5) is 0 Å². The number of fused-ring (bicyclic) bond motifs is 1. The molecule has 0 saturated heterocycles. The third-order valence-corrected chi connectivity index (χ3v) is 10.6. The summed E-state index contributed by atoms with van der Waals surface area (Å²) in [5.74, 6) is -0.959. The van der Waals surface area contributed by atoms with E-state index in [0.29, 0.717) is 35.4 Å². The van der Waals surface area contributed by atoms with Crippen LogP contribution in [0.15, 0.2) is 38.8 Å². The van der Waals surface area contributed by atoms with Gasteiger partial charge in [0.1, 0.15) is 15.0 Å². The average Bonchev–Trinajstić information content (AvgIpc) is 3.19. The van der Waals surface area contributed by atoms with Crippen molar-refractivity contribution in [2.45, 2.75) is 46.6 Å². The number of carbonyl (C=O) groups excluding carboxylic acids is 1. The van der Waals surface area contributed by atoms with E-state index in [0.717, 1.165) is 0 Å². The van der Waals surface area contributed by atoms with Crippen LogP contribution in [0.2, 0.25) is 0 Å². The highest BCUT2D eigenvalue weighted by Crippen LogP contribution is 2.42. The summed E-state index contributed by atoms with van der Waals surface area (Å²) in [4.78, 5) is 27.1. The molecule has 3 rings (SSSR count). The lowest BCUT2D eigenvalue weighted by Crippen LogP contribution is -2.33. The summed E-state index contributed by atoms with van der Waals surface area (Å²) in [5.41, 5.74) is 0.625. The topological polar surface area (TPSA) is 162 Å². The van der Waals surface area contributed by atoms with Gasteiger partial charge in [-0.25, -0.2) is 21.6 Å². The highest BCUT2D eigenvalue weighted by atomic mass is 32.3. The molecule has 1 aromatic heterocycles. The molecule has 1 amide bonds. The Morgan fingerprint density at radius 1 is 1.34 bits per heavy atom. The van der Waals surface area contributed by atoms with Crippen LogP contribution in [0.1, 0.15) is 47.8 Å². The van der Waals surface area contributed by atoms with Gasteiger partial charge in [-0.2, -0.15) is 0 Å². The molecule has 14 heteroatoms. The molecule has 0 bridgehead atoms. The Morgan fingerprint density at radius 3 is 2.72 bits per heavy atom. The van der Waals surface area contributed by atoms with Crippen LogP contribution in [0.5, 0.6) is 0 Å². The Morgan fingerprint density at radius 2 is 2.06 bits per heavy atom. The van der Waals surface area contributed by atoms with E-state index in [4.69, 9.17) is 0 Å². The van der Waals surface area contributed by atoms with Gasteiger partial charge < -0.3 is 10.2 Å². The minimum Gasteiger partial charge on any atom is -0.310 e. The second-order valence-electron chi connectivity index (χ2n) is 7.14. The van der Waals surface area contributed by atoms with E-state index < -0.39 is 42.7 Å². The number of sulfone groups is 1. The molecule has 2 aromatic rings. The first kappa shape index (κ1) is 24.1. The molecular formula is C18H21N3O8S3. The number of carbonyl (C=O) groups is 1. The summed E-state index contributed by atoms with van der Waals surface area (Å²) in [6, 6.07) is 6.48. The van der Waals surface area contributed by atoms with E-state index in [9.17, 15) is 31.7 Å². The molecule has 1 aliphatic rings. The van der Waals surface area contributed by atoms with Crippen molar-refractivity contribution >= 4 is 37.1 Å². The summed E-state index contributed by atoms with van der Waals surface area (Å²) >= 11 is 0.609. The highest BCUT2D eigenvalue weighted by Gasteiger charge is 2.39. The predicted molar refractivity (Wildman–Crippen MR) is 115 cm³/mol. The summed E-state index contributed by atoms with van der Waals surface area (Å²) in [7, 11) is -8.04. The van der Waals surface area contributed by atoms with Gasteiger partial charge in [0, 0.05) is 17.2 Å². The van der Waals surface area contributed by atoms with Crippen molar-refractivity contribution in [2.75, 3.05) is 6.54 Å². The van der Waals surface area contributed by atoms with Gasteiger partial charge in [0.25, 0.3) is 21.0 Å². The van der Waals surface area contributed by atoms with Crippen LogP contribution in [-0.2, 0) is 31.3 Å². The predicted octanol–water partition coefficient (Wildman–Crippen LogP) is 1.79. The molecule has 1 aliphatic heterocycles. The average molecular weight is 504 g/mol. The molecule has 0 fully saturated rings. The molecular weight excluding hydrogens is 482 g/mol. The molecule has 1 unspecified atom stereocenters. The summed E-state index contributed by atoms with van der Waals surface area (Å²) in [6.45, 7) is 3.61. The Kier molecular flexibility index (Phi) is 6.88.